The summed E-state index contributed by atoms with van der Waals surface area (Å²) in [4.78, 5) is 3.21. The van der Waals surface area contributed by atoms with Crippen molar-refractivity contribution in [3.63, 3.8) is 0 Å². The van der Waals surface area contributed by atoms with E-state index >= 15 is 0 Å². The Morgan fingerprint density at radius 3 is 2.22 bits per heavy atom. The first-order valence-corrected chi connectivity index (χ1v) is 6.62. The molecule has 2 rings (SSSR count). The fraction of sp³-hybridized carbons (Fsp3) is 0.375. The fourth-order valence-corrected chi connectivity index (χ4v) is 2.03. The van der Waals surface area contributed by atoms with Crippen LogP contribution in [0, 0.1) is 0 Å². The van der Waals surface area contributed by atoms with Gasteiger partial charge in [0, 0.05) is 24.5 Å². The van der Waals surface area contributed by atoms with Gasteiger partial charge in [0.05, 0.1) is 0 Å². The zero-order valence-corrected chi connectivity index (χ0v) is 11.4. The highest BCUT2D eigenvalue weighted by Crippen LogP contribution is 2.18. The Morgan fingerprint density at radius 2 is 1.67 bits per heavy atom. The van der Waals surface area contributed by atoms with Crippen molar-refractivity contribution in [3.8, 4) is 0 Å². The van der Waals surface area contributed by atoms with Gasteiger partial charge in [0.25, 0.3) is 0 Å². The van der Waals surface area contributed by atoms with Crippen molar-refractivity contribution in [1.29, 1.82) is 0 Å². The van der Waals surface area contributed by atoms with Gasteiger partial charge in [-0.2, -0.15) is 0 Å². The molecule has 96 valence electrons. The zero-order valence-electron chi connectivity index (χ0n) is 11.4. The molecule has 0 fully saturated rings. The predicted octanol–water partition coefficient (Wildman–Crippen LogP) is 3.99. The molecule has 2 aromatic rings. The van der Waals surface area contributed by atoms with Crippen molar-refractivity contribution < 1.29 is 0 Å². The highest BCUT2D eigenvalue weighted by atomic mass is 14.9. The van der Waals surface area contributed by atoms with Crippen LogP contribution in [0.4, 0.5) is 0 Å². The van der Waals surface area contributed by atoms with Crippen molar-refractivity contribution in [1.82, 2.24) is 10.3 Å². The fourth-order valence-electron chi connectivity index (χ4n) is 2.03. The minimum atomic E-state index is 0.370. The van der Waals surface area contributed by atoms with Gasteiger partial charge >= 0.3 is 0 Å². The molecule has 0 aliphatic heterocycles. The van der Waals surface area contributed by atoms with Crippen molar-refractivity contribution in [2.75, 3.05) is 0 Å². The summed E-state index contributed by atoms with van der Waals surface area (Å²) in [6, 6.07) is 13.4. The van der Waals surface area contributed by atoms with Crippen LogP contribution in [0.15, 0.2) is 42.6 Å². The Kier molecular flexibility index (Phi) is 4.21. The average Bonchev–Trinajstić information content (AvgIpc) is 2.89. The molecule has 0 amide bonds. The predicted molar refractivity (Wildman–Crippen MR) is 76.6 cm³/mol. The van der Waals surface area contributed by atoms with Gasteiger partial charge in [-0.25, -0.2) is 0 Å². The normalized spacial score (nSPS) is 12.9. The van der Waals surface area contributed by atoms with Crippen LogP contribution in [0.2, 0.25) is 0 Å². The number of hydrogen-bond donors (Lipinski definition) is 2. The smallest absolute Gasteiger partial charge is 0.0362 e. The molecule has 0 saturated heterocycles. The summed E-state index contributed by atoms with van der Waals surface area (Å²) >= 11 is 0. The lowest BCUT2D eigenvalue weighted by Crippen LogP contribution is -2.18. The third kappa shape index (κ3) is 3.23. The molecule has 0 spiro atoms. The van der Waals surface area contributed by atoms with Gasteiger partial charge < -0.3 is 10.3 Å². The molecule has 1 atom stereocenters. The summed E-state index contributed by atoms with van der Waals surface area (Å²) in [6.07, 6.45) is 1.96. The van der Waals surface area contributed by atoms with Gasteiger partial charge in [-0.3, -0.25) is 0 Å². The summed E-state index contributed by atoms with van der Waals surface area (Å²) in [6.45, 7) is 7.53. The Bertz CT molecular complexity index is 454. The summed E-state index contributed by atoms with van der Waals surface area (Å²) in [5.41, 5.74) is 3.96. The molecule has 0 aliphatic carbocycles. The van der Waals surface area contributed by atoms with Crippen LogP contribution < -0.4 is 5.32 Å². The summed E-state index contributed by atoms with van der Waals surface area (Å²) in [5, 5.41) is 3.52. The van der Waals surface area contributed by atoms with Crippen LogP contribution in [0.5, 0.6) is 0 Å². The van der Waals surface area contributed by atoms with Crippen molar-refractivity contribution in [2.45, 2.75) is 39.3 Å². The topological polar surface area (TPSA) is 27.8 Å². The lowest BCUT2D eigenvalue weighted by atomic mass is 9.99. The van der Waals surface area contributed by atoms with E-state index in [1.807, 2.05) is 12.3 Å². The standard InChI is InChI=1S/C16H22N2/c1-12(2)14-6-8-15(9-7-14)13(3)18-11-16-5-4-10-17-16/h4-10,12-13,17-18H,11H2,1-3H3. The maximum atomic E-state index is 3.52. The van der Waals surface area contributed by atoms with Crippen molar-refractivity contribution in [3.05, 3.63) is 59.4 Å². The number of aromatic amines is 1. The lowest BCUT2D eigenvalue weighted by molar-refractivity contribution is 0.569. The summed E-state index contributed by atoms with van der Waals surface area (Å²) in [5.74, 6) is 0.598. The molecular weight excluding hydrogens is 220 g/mol. The molecule has 0 radical (unpaired) electrons. The van der Waals surface area contributed by atoms with E-state index in [2.05, 4.69) is 61.4 Å². The van der Waals surface area contributed by atoms with Gasteiger partial charge in [0.15, 0.2) is 0 Å². The molecule has 2 nitrogen and oxygen atoms in total. The van der Waals surface area contributed by atoms with E-state index in [9.17, 15) is 0 Å². The second kappa shape index (κ2) is 5.87. The van der Waals surface area contributed by atoms with Gasteiger partial charge in [-0.1, -0.05) is 38.1 Å². The Labute approximate surface area is 109 Å². The van der Waals surface area contributed by atoms with Crippen LogP contribution in [0.1, 0.15) is 49.6 Å². The third-order valence-electron chi connectivity index (χ3n) is 3.36. The lowest BCUT2D eigenvalue weighted by Gasteiger charge is -2.15. The maximum absolute atomic E-state index is 3.52. The van der Waals surface area contributed by atoms with Crippen molar-refractivity contribution in [2.24, 2.45) is 0 Å². The number of benzene rings is 1. The second-order valence-electron chi connectivity index (χ2n) is 5.12. The highest BCUT2D eigenvalue weighted by molar-refractivity contribution is 5.26. The van der Waals surface area contributed by atoms with E-state index in [1.54, 1.807) is 0 Å². The molecular formula is C16H22N2. The van der Waals surface area contributed by atoms with Gasteiger partial charge in [0.2, 0.25) is 0 Å². The van der Waals surface area contributed by atoms with Crippen LogP contribution in [0.25, 0.3) is 0 Å². The maximum Gasteiger partial charge on any atom is 0.0362 e. The third-order valence-corrected chi connectivity index (χ3v) is 3.36. The monoisotopic (exact) mass is 242 g/mol. The molecule has 0 aliphatic rings. The van der Waals surface area contributed by atoms with E-state index in [0.717, 1.165) is 6.54 Å². The highest BCUT2D eigenvalue weighted by Gasteiger charge is 2.06. The number of nitrogens with one attached hydrogen (secondary N) is 2. The van der Waals surface area contributed by atoms with E-state index in [4.69, 9.17) is 0 Å². The quantitative estimate of drug-likeness (QED) is 0.815. The van der Waals surface area contributed by atoms with E-state index in [1.165, 1.54) is 16.8 Å². The SMILES string of the molecule is CC(C)c1ccc(C(C)NCc2ccc[nH]2)cc1. The zero-order chi connectivity index (χ0) is 13.0. The molecule has 2 N–H and O–H groups in total. The van der Waals surface area contributed by atoms with Crippen LogP contribution in [0.3, 0.4) is 0 Å². The van der Waals surface area contributed by atoms with E-state index in [-0.39, 0.29) is 0 Å². The Morgan fingerprint density at radius 1 is 1.00 bits per heavy atom. The Hall–Kier alpha value is -1.54. The van der Waals surface area contributed by atoms with Crippen LogP contribution in [-0.4, -0.2) is 4.98 Å². The number of hydrogen-bond acceptors (Lipinski definition) is 1. The number of aromatic nitrogens is 1. The summed E-state index contributed by atoms with van der Waals surface area (Å²) < 4.78 is 0. The number of rotatable bonds is 5. The van der Waals surface area contributed by atoms with E-state index < -0.39 is 0 Å². The molecule has 18 heavy (non-hydrogen) atoms. The molecule has 2 heteroatoms. The molecule has 1 aromatic carbocycles. The van der Waals surface area contributed by atoms with Crippen molar-refractivity contribution >= 4 is 0 Å². The largest absolute Gasteiger partial charge is 0.364 e. The first-order valence-electron chi connectivity index (χ1n) is 6.62. The minimum absolute atomic E-state index is 0.370. The van der Waals surface area contributed by atoms with Crippen LogP contribution in [-0.2, 0) is 6.54 Å². The molecule has 0 bridgehead atoms. The van der Waals surface area contributed by atoms with Gasteiger partial charge in [-0.05, 0) is 36.1 Å². The first kappa shape index (κ1) is 12.9. The molecule has 1 heterocycles. The minimum Gasteiger partial charge on any atom is -0.364 e. The molecule has 1 unspecified atom stereocenters. The van der Waals surface area contributed by atoms with Gasteiger partial charge in [0.1, 0.15) is 0 Å². The molecule has 1 aromatic heterocycles. The number of H-pyrrole nitrogens is 1. The average molecular weight is 242 g/mol. The first-order chi connectivity index (χ1) is 8.66. The van der Waals surface area contributed by atoms with Gasteiger partial charge in [-0.15, -0.1) is 0 Å². The summed E-state index contributed by atoms with van der Waals surface area (Å²) in [7, 11) is 0. The van der Waals surface area contributed by atoms with E-state index in [0.29, 0.717) is 12.0 Å². The second-order valence-corrected chi connectivity index (χ2v) is 5.12. The molecule has 0 saturated carbocycles. The van der Waals surface area contributed by atoms with Crippen LogP contribution >= 0.6 is 0 Å². The Balaban J connectivity index is 1.94.